The average molecular weight is 182 g/mol. The highest BCUT2D eigenvalue weighted by atomic mass is 32.2. The number of rotatable bonds is 1. The van der Waals surface area contributed by atoms with Gasteiger partial charge in [-0.2, -0.15) is 4.21 Å². The van der Waals surface area contributed by atoms with Gasteiger partial charge in [0.25, 0.3) is 0 Å². The molecular formula is C3H6N2O5S. The summed E-state index contributed by atoms with van der Waals surface area (Å²) in [6, 6.07) is 0. The molecule has 2 N–H and O–H groups in total. The van der Waals surface area contributed by atoms with Crippen LogP contribution in [-0.4, -0.2) is 28.0 Å². The predicted molar refractivity (Wildman–Crippen MR) is 34.0 cm³/mol. The molecule has 0 bridgehead atoms. The summed E-state index contributed by atoms with van der Waals surface area (Å²) < 4.78 is 19.0. The van der Waals surface area contributed by atoms with Crippen molar-refractivity contribution >= 4 is 11.4 Å². The van der Waals surface area contributed by atoms with Gasteiger partial charge in [-0.1, -0.05) is 0 Å². The van der Waals surface area contributed by atoms with Crippen molar-refractivity contribution in [2.24, 2.45) is 5.73 Å². The Kier molecular flexibility index (Phi) is 2.18. The highest BCUT2D eigenvalue weighted by molar-refractivity contribution is 7.75. The second-order valence-corrected chi connectivity index (χ2v) is 2.97. The third kappa shape index (κ3) is 1.71. The van der Waals surface area contributed by atoms with Crippen molar-refractivity contribution in [1.82, 2.24) is 0 Å². The van der Waals surface area contributed by atoms with E-state index in [1.54, 1.807) is 0 Å². The second-order valence-electron chi connectivity index (χ2n) is 2.09. The van der Waals surface area contributed by atoms with Crippen LogP contribution in [0.3, 0.4) is 0 Å². The molecule has 1 saturated heterocycles. The van der Waals surface area contributed by atoms with Gasteiger partial charge in [-0.15, -0.1) is 0 Å². The minimum Gasteiger partial charge on any atom is -0.262 e. The highest BCUT2D eigenvalue weighted by Gasteiger charge is 2.44. The topological polar surface area (TPSA) is 105 Å². The fourth-order valence-electron chi connectivity index (χ4n) is 0.481. The quantitative estimate of drug-likeness (QED) is 0.302. The lowest BCUT2D eigenvalue weighted by molar-refractivity contribution is -0.576. The Balaban J connectivity index is 2.62. The van der Waals surface area contributed by atoms with E-state index in [4.69, 9.17) is 5.73 Å². The molecule has 8 heteroatoms. The maximum Gasteiger partial charge on any atom is 0.321 e. The molecule has 1 heterocycles. The zero-order valence-electron chi connectivity index (χ0n) is 5.39. The molecule has 0 atom stereocenters. The van der Waals surface area contributed by atoms with E-state index < -0.39 is 35.2 Å². The summed E-state index contributed by atoms with van der Waals surface area (Å²) in [6.45, 7) is -0.792. The molecule has 0 aromatic heterocycles. The van der Waals surface area contributed by atoms with E-state index in [1.807, 2.05) is 0 Å². The van der Waals surface area contributed by atoms with Gasteiger partial charge in [0.15, 0.2) is 13.2 Å². The number of nitrogens with zero attached hydrogens (tertiary/aromatic N) is 1. The Bertz CT molecular complexity index is 196. The SMILES string of the molecule is NC1([N+](=O)[O-])COS(=O)OC1. The van der Waals surface area contributed by atoms with Crippen molar-refractivity contribution in [2.45, 2.75) is 5.66 Å². The molecule has 64 valence electrons. The van der Waals surface area contributed by atoms with Gasteiger partial charge < -0.3 is 0 Å². The van der Waals surface area contributed by atoms with Crippen LogP contribution >= 0.6 is 0 Å². The second kappa shape index (κ2) is 2.81. The lowest BCUT2D eigenvalue weighted by Crippen LogP contribution is -2.58. The van der Waals surface area contributed by atoms with Crippen molar-refractivity contribution in [2.75, 3.05) is 13.2 Å². The molecular weight excluding hydrogens is 176 g/mol. The molecule has 0 aromatic carbocycles. The smallest absolute Gasteiger partial charge is 0.262 e. The van der Waals surface area contributed by atoms with Crippen LogP contribution < -0.4 is 5.73 Å². The van der Waals surface area contributed by atoms with Crippen LogP contribution in [0.2, 0.25) is 0 Å². The number of hydrogen-bond donors (Lipinski definition) is 1. The lowest BCUT2D eigenvalue weighted by Gasteiger charge is -2.22. The number of hydrogen-bond acceptors (Lipinski definition) is 6. The standard InChI is InChI=1S/C3H6N2O5S/c4-3(5(6)7)1-9-11(8)10-2-3/h1-2,4H2. The van der Waals surface area contributed by atoms with Crippen LogP contribution in [0.5, 0.6) is 0 Å². The molecule has 1 rings (SSSR count). The van der Waals surface area contributed by atoms with Crippen molar-refractivity contribution in [1.29, 1.82) is 0 Å². The fourth-order valence-corrected chi connectivity index (χ4v) is 1.15. The molecule has 0 saturated carbocycles. The van der Waals surface area contributed by atoms with E-state index in [0.717, 1.165) is 0 Å². The number of nitrogens with two attached hydrogens (primary N) is 1. The molecule has 1 aliphatic rings. The number of nitro groups is 1. The van der Waals surface area contributed by atoms with E-state index in [1.165, 1.54) is 0 Å². The van der Waals surface area contributed by atoms with Crippen LogP contribution in [0, 0.1) is 10.1 Å². The summed E-state index contributed by atoms with van der Waals surface area (Å²) in [5.41, 5.74) is 3.42. The molecule has 0 amide bonds. The van der Waals surface area contributed by atoms with Crippen LogP contribution in [0.25, 0.3) is 0 Å². The predicted octanol–water partition coefficient (Wildman–Crippen LogP) is -1.46. The molecule has 11 heavy (non-hydrogen) atoms. The molecule has 7 nitrogen and oxygen atoms in total. The summed E-state index contributed by atoms with van der Waals surface area (Å²) in [6.07, 6.45) is 0. The minimum absolute atomic E-state index is 0.396. The maximum absolute atomic E-state index is 10.4. The van der Waals surface area contributed by atoms with Gasteiger partial charge >= 0.3 is 17.0 Å². The molecule has 1 fully saturated rings. The molecule has 0 unspecified atom stereocenters. The first-order valence-electron chi connectivity index (χ1n) is 2.66. The van der Waals surface area contributed by atoms with Gasteiger partial charge in [-0.3, -0.25) is 24.2 Å². The molecule has 0 radical (unpaired) electrons. The van der Waals surface area contributed by atoms with E-state index in [-0.39, 0.29) is 0 Å². The Hall–Kier alpha value is -0.570. The van der Waals surface area contributed by atoms with Gasteiger partial charge in [0.05, 0.1) is 0 Å². The fraction of sp³-hybridized carbons (Fsp3) is 1.00. The van der Waals surface area contributed by atoms with Gasteiger partial charge in [0, 0.05) is 4.92 Å². The summed E-state index contributed by atoms with van der Waals surface area (Å²) in [5, 5.41) is 10.2. The Morgan fingerprint density at radius 2 is 2.00 bits per heavy atom. The largest absolute Gasteiger partial charge is 0.321 e. The molecule has 0 aromatic rings. The van der Waals surface area contributed by atoms with E-state index >= 15 is 0 Å². The summed E-state index contributed by atoms with van der Waals surface area (Å²) in [5.74, 6) is 0. The minimum atomic E-state index is -1.89. The van der Waals surface area contributed by atoms with Crippen molar-refractivity contribution in [3.63, 3.8) is 0 Å². The van der Waals surface area contributed by atoms with Crippen molar-refractivity contribution in [3.8, 4) is 0 Å². The molecule has 0 spiro atoms. The van der Waals surface area contributed by atoms with E-state index in [9.17, 15) is 14.3 Å². The average Bonchev–Trinajstić information content (AvgIpc) is 1.95. The van der Waals surface area contributed by atoms with Gasteiger partial charge in [0.1, 0.15) is 0 Å². The third-order valence-electron chi connectivity index (χ3n) is 1.17. The zero-order valence-corrected chi connectivity index (χ0v) is 6.20. The first-order valence-corrected chi connectivity index (χ1v) is 3.66. The van der Waals surface area contributed by atoms with Gasteiger partial charge in [-0.25, -0.2) is 0 Å². The zero-order chi connectivity index (χ0) is 8.48. The Morgan fingerprint density at radius 1 is 1.55 bits per heavy atom. The molecule has 0 aliphatic carbocycles. The monoisotopic (exact) mass is 182 g/mol. The van der Waals surface area contributed by atoms with Gasteiger partial charge in [-0.05, 0) is 0 Å². The Labute approximate surface area is 64.5 Å². The summed E-state index contributed by atoms with van der Waals surface area (Å²) in [4.78, 5) is 9.49. The normalized spacial score (nSPS) is 38.5. The summed E-state index contributed by atoms with van der Waals surface area (Å²) in [7, 11) is 0. The van der Waals surface area contributed by atoms with Crippen LogP contribution in [0.15, 0.2) is 0 Å². The van der Waals surface area contributed by atoms with E-state index in [2.05, 4.69) is 8.37 Å². The van der Waals surface area contributed by atoms with Crippen molar-refractivity contribution in [3.05, 3.63) is 10.1 Å². The first-order chi connectivity index (χ1) is 5.04. The lowest BCUT2D eigenvalue weighted by atomic mass is 10.2. The highest BCUT2D eigenvalue weighted by Crippen LogP contribution is 2.11. The Morgan fingerprint density at radius 3 is 2.36 bits per heavy atom. The van der Waals surface area contributed by atoms with E-state index in [0.29, 0.717) is 0 Å². The first kappa shape index (κ1) is 8.53. The van der Waals surface area contributed by atoms with Gasteiger partial charge in [0.2, 0.25) is 0 Å². The van der Waals surface area contributed by atoms with Crippen molar-refractivity contribution < 1.29 is 17.5 Å². The van der Waals surface area contributed by atoms with Crippen LogP contribution in [0.4, 0.5) is 0 Å². The molecule has 1 aliphatic heterocycles. The maximum atomic E-state index is 10.4. The summed E-state index contributed by atoms with van der Waals surface area (Å²) >= 11 is -1.89. The van der Waals surface area contributed by atoms with Crippen LogP contribution in [0.1, 0.15) is 0 Å². The third-order valence-corrected chi connectivity index (χ3v) is 1.79. The van der Waals surface area contributed by atoms with Crippen LogP contribution in [-0.2, 0) is 19.7 Å².